The van der Waals surface area contributed by atoms with E-state index in [1.165, 1.54) is 0 Å². The number of hydrogen-bond acceptors (Lipinski definition) is 4. The van der Waals surface area contributed by atoms with Gasteiger partial charge in [-0.3, -0.25) is 0 Å². The Kier molecular flexibility index (Phi) is 8.40. The maximum Gasteiger partial charge on any atom is 0.143 e. The van der Waals surface area contributed by atoms with Gasteiger partial charge in [0.1, 0.15) is 5.60 Å². The van der Waals surface area contributed by atoms with Crippen LogP contribution in [0, 0.1) is 0 Å². The first-order valence-electron chi connectivity index (χ1n) is 10.0. The van der Waals surface area contributed by atoms with Gasteiger partial charge in [-0.1, -0.05) is 91.0 Å². The molecule has 0 fully saturated rings. The van der Waals surface area contributed by atoms with E-state index < -0.39 is 5.60 Å². The van der Waals surface area contributed by atoms with Crippen molar-refractivity contribution in [2.24, 2.45) is 5.73 Å². The van der Waals surface area contributed by atoms with Crippen LogP contribution in [0.5, 0.6) is 0 Å². The Morgan fingerprint density at radius 1 is 0.517 bits per heavy atom. The van der Waals surface area contributed by atoms with Gasteiger partial charge in [-0.15, -0.1) is 0 Å². The molecule has 0 spiro atoms. The smallest absolute Gasteiger partial charge is 0.143 e. The molecule has 0 heterocycles. The third-order valence-electron chi connectivity index (χ3n) is 4.72. The predicted octanol–water partition coefficient (Wildman–Crippen LogP) is 3.99. The molecule has 0 aliphatic heterocycles. The van der Waals surface area contributed by atoms with E-state index in [1.807, 2.05) is 54.6 Å². The standard InChI is InChI=1S/C25H29NO3/c26-16-17-27-18-19-28-20-21-29-25(22-10-4-1-5-11-22,23-12-6-2-7-13-23)24-14-8-3-9-15-24/h1-15H,16-21,26H2. The van der Waals surface area contributed by atoms with Gasteiger partial charge >= 0.3 is 0 Å². The summed E-state index contributed by atoms with van der Waals surface area (Å²) >= 11 is 0. The summed E-state index contributed by atoms with van der Waals surface area (Å²) in [5.74, 6) is 0. The van der Waals surface area contributed by atoms with Crippen LogP contribution < -0.4 is 5.73 Å². The zero-order chi connectivity index (χ0) is 20.2. The molecule has 3 aromatic rings. The van der Waals surface area contributed by atoms with Gasteiger partial charge in [-0.25, -0.2) is 0 Å². The minimum absolute atomic E-state index is 0.454. The highest BCUT2D eigenvalue weighted by Crippen LogP contribution is 2.40. The second-order valence-corrected chi connectivity index (χ2v) is 6.64. The van der Waals surface area contributed by atoms with Crippen molar-refractivity contribution < 1.29 is 14.2 Å². The largest absolute Gasteiger partial charge is 0.378 e. The van der Waals surface area contributed by atoms with E-state index in [0.717, 1.165) is 16.7 Å². The van der Waals surface area contributed by atoms with Crippen LogP contribution in [0.2, 0.25) is 0 Å². The molecule has 0 bridgehead atoms. The van der Waals surface area contributed by atoms with E-state index in [4.69, 9.17) is 19.9 Å². The Balaban J connectivity index is 1.83. The van der Waals surface area contributed by atoms with E-state index in [2.05, 4.69) is 36.4 Å². The molecule has 2 N–H and O–H groups in total. The van der Waals surface area contributed by atoms with Crippen molar-refractivity contribution in [3.8, 4) is 0 Å². The topological polar surface area (TPSA) is 53.7 Å². The van der Waals surface area contributed by atoms with Crippen LogP contribution >= 0.6 is 0 Å². The summed E-state index contributed by atoms with van der Waals surface area (Å²) in [7, 11) is 0. The van der Waals surface area contributed by atoms with Gasteiger partial charge in [-0.2, -0.15) is 0 Å². The third kappa shape index (κ3) is 5.52. The van der Waals surface area contributed by atoms with Crippen molar-refractivity contribution in [2.45, 2.75) is 5.60 Å². The van der Waals surface area contributed by atoms with E-state index in [1.54, 1.807) is 0 Å². The Labute approximate surface area is 173 Å². The first-order valence-corrected chi connectivity index (χ1v) is 10.0. The van der Waals surface area contributed by atoms with Crippen molar-refractivity contribution in [2.75, 3.05) is 39.6 Å². The van der Waals surface area contributed by atoms with Gasteiger partial charge in [0, 0.05) is 6.54 Å². The summed E-state index contributed by atoms with van der Waals surface area (Å²) in [6, 6.07) is 31.0. The number of nitrogens with two attached hydrogens (primary N) is 1. The van der Waals surface area contributed by atoms with Crippen LogP contribution in [0.25, 0.3) is 0 Å². The molecule has 4 nitrogen and oxygen atoms in total. The van der Waals surface area contributed by atoms with Crippen LogP contribution in [0.15, 0.2) is 91.0 Å². The summed E-state index contributed by atoms with van der Waals surface area (Å²) in [6.45, 7) is 3.09. The van der Waals surface area contributed by atoms with Crippen LogP contribution in [-0.2, 0) is 19.8 Å². The van der Waals surface area contributed by atoms with Gasteiger partial charge in [0.25, 0.3) is 0 Å². The van der Waals surface area contributed by atoms with Crippen molar-refractivity contribution in [1.29, 1.82) is 0 Å². The SMILES string of the molecule is NCCOCCOCCOC(c1ccccc1)(c1ccccc1)c1ccccc1. The number of benzene rings is 3. The van der Waals surface area contributed by atoms with E-state index in [-0.39, 0.29) is 0 Å². The van der Waals surface area contributed by atoms with Crippen LogP contribution in [-0.4, -0.2) is 39.6 Å². The number of ether oxygens (including phenoxy) is 3. The van der Waals surface area contributed by atoms with E-state index >= 15 is 0 Å². The lowest BCUT2D eigenvalue weighted by Crippen LogP contribution is -2.34. The predicted molar refractivity (Wildman–Crippen MR) is 116 cm³/mol. The lowest BCUT2D eigenvalue weighted by molar-refractivity contribution is -0.0329. The highest BCUT2D eigenvalue weighted by atomic mass is 16.5. The minimum atomic E-state index is -0.705. The molecule has 0 aliphatic rings. The molecular formula is C25H29NO3. The van der Waals surface area contributed by atoms with Crippen molar-refractivity contribution in [1.82, 2.24) is 0 Å². The Morgan fingerprint density at radius 2 is 0.897 bits per heavy atom. The summed E-state index contributed by atoms with van der Waals surface area (Å²) in [5.41, 5.74) is 7.97. The molecule has 0 saturated carbocycles. The van der Waals surface area contributed by atoms with Crippen LogP contribution in [0.4, 0.5) is 0 Å². The minimum Gasteiger partial charge on any atom is -0.378 e. The molecule has 0 radical (unpaired) electrons. The molecular weight excluding hydrogens is 362 g/mol. The zero-order valence-electron chi connectivity index (χ0n) is 16.7. The quantitative estimate of drug-likeness (QED) is 0.375. The summed E-state index contributed by atoms with van der Waals surface area (Å²) in [5, 5.41) is 0. The second-order valence-electron chi connectivity index (χ2n) is 6.64. The molecule has 3 aromatic carbocycles. The maximum atomic E-state index is 6.63. The maximum absolute atomic E-state index is 6.63. The molecule has 4 heteroatoms. The number of hydrogen-bond donors (Lipinski definition) is 1. The van der Waals surface area contributed by atoms with Crippen molar-refractivity contribution in [3.63, 3.8) is 0 Å². The Hall–Kier alpha value is -2.50. The van der Waals surface area contributed by atoms with Crippen LogP contribution in [0.3, 0.4) is 0 Å². The molecule has 152 valence electrons. The van der Waals surface area contributed by atoms with Gasteiger partial charge in [0.2, 0.25) is 0 Å². The fourth-order valence-corrected chi connectivity index (χ4v) is 3.43. The first kappa shape index (κ1) is 21.2. The lowest BCUT2D eigenvalue weighted by Gasteiger charge is -2.36. The monoisotopic (exact) mass is 391 g/mol. The normalized spacial score (nSPS) is 11.5. The van der Waals surface area contributed by atoms with E-state index in [9.17, 15) is 0 Å². The van der Waals surface area contributed by atoms with Crippen molar-refractivity contribution >= 4 is 0 Å². The highest BCUT2D eigenvalue weighted by molar-refractivity contribution is 5.47. The summed E-state index contributed by atoms with van der Waals surface area (Å²) < 4.78 is 17.7. The molecule has 0 aromatic heterocycles. The second kappa shape index (κ2) is 11.5. The molecule has 0 aliphatic carbocycles. The summed E-state index contributed by atoms with van der Waals surface area (Å²) in [6.07, 6.45) is 0. The third-order valence-corrected chi connectivity index (χ3v) is 4.72. The molecule has 0 atom stereocenters. The zero-order valence-corrected chi connectivity index (χ0v) is 16.7. The number of rotatable bonds is 12. The van der Waals surface area contributed by atoms with Crippen molar-refractivity contribution in [3.05, 3.63) is 108 Å². The molecule has 0 amide bonds. The molecule has 0 unspecified atom stereocenters. The molecule has 3 rings (SSSR count). The average Bonchev–Trinajstić information content (AvgIpc) is 2.80. The fraction of sp³-hybridized carbons (Fsp3) is 0.280. The van der Waals surface area contributed by atoms with Crippen LogP contribution in [0.1, 0.15) is 16.7 Å². The van der Waals surface area contributed by atoms with Gasteiger partial charge in [0.15, 0.2) is 0 Å². The highest BCUT2D eigenvalue weighted by Gasteiger charge is 2.37. The Bertz CT molecular complexity index is 713. The molecule has 0 saturated heterocycles. The lowest BCUT2D eigenvalue weighted by atomic mass is 9.80. The first-order chi connectivity index (χ1) is 14.4. The van der Waals surface area contributed by atoms with Gasteiger partial charge in [0.05, 0.1) is 33.0 Å². The van der Waals surface area contributed by atoms with E-state index in [0.29, 0.717) is 39.6 Å². The summed E-state index contributed by atoms with van der Waals surface area (Å²) in [4.78, 5) is 0. The van der Waals surface area contributed by atoms with Gasteiger partial charge < -0.3 is 19.9 Å². The Morgan fingerprint density at radius 3 is 1.31 bits per heavy atom. The fourth-order valence-electron chi connectivity index (χ4n) is 3.43. The van der Waals surface area contributed by atoms with Gasteiger partial charge in [-0.05, 0) is 16.7 Å². The average molecular weight is 392 g/mol. The molecule has 29 heavy (non-hydrogen) atoms.